The molecule has 1 N–H and O–H groups in total. The van der Waals surface area contributed by atoms with Gasteiger partial charge < -0.3 is 9.88 Å². The Labute approximate surface area is 160 Å². The summed E-state index contributed by atoms with van der Waals surface area (Å²) in [5.74, 6) is 2.35. The maximum Gasteiger partial charge on any atom is 0.220 e. The molecule has 0 radical (unpaired) electrons. The Balaban J connectivity index is 1.57. The molecule has 1 aromatic heterocycles. The number of carbonyl (C=O) groups is 1. The van der Waals surface area contributed by atoms with Crippen molar-refractivity contribution in [2.75, 3.05) is 0 Å². The molecule has 0 aliphatic heterocycles. The van der Waals surface area contributed by atoms with Gasteiger partial charge in [0.05, 0.1) is 6.04 Å². The van der Waals surface area contributed by atoms with Crippen molar-refractivity contribution in [3.8, 4) is 0 Å². The van der Waals surface area contributed by atoms with Crippen LogP contribution < -0.4 is 5.32 Å². The maximum atomic E-state index is 12.3. The highest BCUT2D eigenvalue weighted by Gasteiger charge is 2.22. The van der Waals surface area contributed by atoms with Crippen LogP contribution in [0.3, 0.4) is 0 Å². The smallest absolute Gasteiger partial charge is 0.220 e. The monoisotopic (exact) mass is 372 g/mol. The Hall–Kier alpha value is -1.82. The summed E-state index contributed by atoms with van der Waals surface area (Å²) in [5.41, 5.74) is 2.59. The van der Waals surface area contributed by atoms with E-state index in [4.69, 9.17) is 0 Å². The lowest BCUT2D eigenvalue weighted by molar-refractivity contribution is -0.122. The van der Waals surface area contributed by atoms with Crippen LogP contribution >= 0.6 is 11.8 Å². The van der Waals surface area contributed by atoms with E-state index in [-0.39, 0.29) is 11.9 Å². The fourth-order valence-corrected chi connectivity index (χ4v) is 4.58. The van der Waals surface area contributed by atoms with Crippen molar-refractivity contribution >= 4 is 17.7 Å². The largest absolute Gasteiger partial charge is 0.346 e. The Bertz CT molecular complexity index is 752. The van der Waals surface area contributed by atoms with Crippen molar-refractivity contribution in [1.82, 2.24) is 20.1 Å². The number of amides is 1. The molecule has 0 saturated heterocycles. The Morgan fingerprint density at radius 1 is 1.31 bits per heavy atom. The van der Waals surface area contributed by atoms with Crippen LogP contribution in [0.15, 0.2) is 29.4 Å². The predicted molar refractivity (Wildman–Crippen MR) is 105 cm³/mol. The van der Waals surface area contributed by atoms with Crippen molar-refractivity contribution in [2.24, 2.45) is 13.0 Å². The number of thioether (sulfide) groups is 1. The molecule has 1 aliphatic carbocycles. The zero-order valence-corrected chi connectivity index (χ0v) is 16.7. The lowest BCUT2D eigenvalue weighted by Gasteiger charge is -2.15. The van der Waals surface area contributed by atoms with E-state index in [9.17, 15) is 4.79 Å². The summed E-state index contributed by atoms with van der Waals surface area (Å²) < 4.78 is 1.99. The summed E-state index contributed by atoms with van der Waals surface area (Å²) in [5, 5.41) is 12.6. The standard InChI is InChI=1S/C20H28N4OS/c1-14-8-4-7-11-17(14)13-26-20-23-22-19(24(20)3)15(2)21-18(25)12-16-9-5-6-10-16/h4,7-8,11,15-16H,5-6,9-10,12-13H2,1-3H3,(H,21,25)/t15-/m1/s1. The molecule has 1 aromatic carbocycles. The first-order valence-corrected chi connectivity index (χ1v) is 10.4. The van der Waals surface area contributed by atoms with E-state index >= 15 is 0 Å². The van der Waals surface area contributed by atoms with Gasteiger partial charge in [0.2, 0.25) is 5.91 Å². The van der Waals surface area contributed by atoms with Crippen molar-refractivity contribution in [2.45, 2.75) is 62.9 Å². The lowest BCUT2D eigenvalue weighted by atomic mass is 10.0. The first kappa shape index (κ1) is 19.0. The van der Waals surface area contributed by atoms with Crippen LogP contribution in [-0.2, 0) is 17.6 Å². The highest BCUT2D eigenvalue weighted by molar-refractivity contribution is 7.98. The van der Waals surface area contributed by atoms with E-state index in [1.54, 1.807) is 11.8 Å². The minimum Gasteiger partial charge on any atom is -0.346 e. The van der Waals surface area contributed by atoms with E-state index in [0.717, 1.165) is 16.7 Å². The average molecular weight is 373 g/mol. The molecule has 0 spiro atoms. The van der Waals surface area contributed by atoms with Crippen LogP contribution in [0.4, 0.5) is 0 Å². The number of aromatic nitrogens is 3. The molecule has 1 atom stereocenters. The van der Waals surface area contributed by atoms with Crippen LogP contribution in [0.25, 0.3) is 0 Å². The van der Waals surface area contributed by atoms with Gasteiger partial charge in [-0.1, -0.05) is 48.9 Å². The Morgan fingerprint density at radius 3 is 2.77 bits per heavy atom. The second kappa shape index (κ2) is 8.71. The number of rotatable bonds is 7. The van der Waals surface area contributed by atoms with Crippen molar-refractivity contribution in [3.63, 3.8) is 0 Å². The third kappa shape index (κ3) is 4.67. The van der Waals surface area contributed by atoms with E-state index in [0.29, 0.717) is 12.3 Å². The SMILES string of the molecule is Cc1ccccc1CSc1nnc([C@@H](C)NC(=O)CC2CCCC2)n1C. The average Bonchev–Trinajstić information content (AvgIpc) is 3.24. The summed E-state index contributed by atoms with van der Waals surface area (Å²) in [6, 6.07) is 8.26. The zero-order chi connectivity index (χ0) is 18.5. The first-order chi connectivity index (χ1) is 12.5. The van der Waals surface area contributed by atoms with Crippen LogP contribution in [-0.4, -0.2) is 20.7 Å². The summed E-state index contributed by atoms with van der Waals surface area (Å²) >= 11 is 1.67. The first-order valence-electron chi connectivity index (χ1n) is 9.40. The Kier molecular flexibility index (Phi) is 6.35. The molecule has 1 aliphatic rings. The zero-order valence-electron chi connectivity index (χ0n) is 15.9. The highest BCUT2D eigenvalue weighted by Crippen LogP contribution is 2.28. The van der Waals surface area contributed by atoms with Crippen molar-refractivity contribution in [1.29, 1.82) is 0 Å². The minimum absolute atomic E-state index is 0.126. The second-order valence-corrected chi connectivity index (χ2v) is 8.20. The van der Waals surface area contributed by atoms with Gasteiger partial charge in [0, 0.05) is 19.2 Å². The van der Waals surface area contributed by atoms with Crippen LogP contribution in [0.2, 0.25) is 0 Å². The summed E-state index contributed by atoms with van der Waals surface area (Å²) in [7, 11) is 1.97. The van der Waals surface area contributed by atoms with E-state index in [2.05, 4.69) is 46.7 Å². The molecular weight excluding hydrogens is 344 g/mol. The number of benzene rings is 1. The van der Waals surface area contributed by atoms with Crippen molar-refractivity contribution < 1.29 is 4.79 Å². The molecule has 26 heavy (non-hydrogen) atoms. The van der Waals surface area contributed by atoms with Gasteiger partial charge >= 0.3 is 0 Å². The van der Waals surface area contributed by atoms with Crippen molar-refractivity contribution in [3.05, 3.63) is 41.2 Å². The van der Waals surface area contributed by atoms with Crippen LogP contribution in [0.1, 0.15) is 62.0 Å². The molecule has 140 valence electrons. The van der Waals surface area contributed by atoms with Gasteiger partial charge in [-0.2, -0.15) is 0 Å². The molecular formula is C20H28N4OS. The normalized spacial score (nSPS) is 16.0. The maximum absolute atomic E-state index is 12.3. The molecule has 0 unspecified atom stereocenters. The number of nitrogens with one attached hydrogen (secondary N) is 1. The molecule has 1 amide bonds. The quantitative estimate of drug-likeness (QED) is 0.741. The van der Waals surface area contributed by atoms with E-state index in [1.807, 2.05) is 18.5 Å². The second-order valence-electron chi connectivity index (χ2n) is 7.26. The molecule has 1 heterocycles. The topological polar surface area (TPSA) is 59.8 Å². The number of hydrogen-bond donors (Lipinski definition) is 1. The van der Waals surface area contributed by atoms with Gasteiger partial charge in [0.1, 0.15) is 0 Å². The fourth-order valence-electron chi connectivity index (χ4n) is 3.58. The van der Waals surface area contributed by atoms with E-state index < -0.39 is 0 Å². The number of hydrogen-bond acceptors (Lipinski definition) is 4. The van der Waals surface area contributed by atoms with Gasteiger partial charge in [0.15, 0.2) is 11.0 Å². The number of aryl methyl sites for hydroxylation is 1. The third-order valence-electron chi connectivity index (χ3n) is 5.20. The molecule has 1 fully saturated rings. The van der Waals surface area contributed by atoms with Crippen LogP contribution in [0.5, 0.6) is 0 Å². The van der Waals surface area contributed by atoms with Crippen LogP contribution in [0, 0.1) is 12.8 Å². The molecule has 2 aromatic rings. The summed E-state index contributed by atoms with van der Waals surface area (Å²) in [6.45, 7) is 4.10. The Morgan fingerprint density at radius 2 is 2.04 bits per heavy atom. The summed E-state index contributed by atoms with van der Waals surface area (Å²) in [6.07, 6.45) is 5.53. The molecule has 6 heteroatoms. The fraction of sp³-hybridized carbons (Fsp3) is 0.550. The van der Waals surface area contributed by atoms with Gasteiger partial charge in [-0.25, -0.2) is 0 Å². The molecule has 3 rings (SSSR count). The third-order valence-corrected chi connectivity index (χ3v) is 6.27. The molecule has 1 saturated carbocycles. The van der Waals surface area contributed by atoms with E-state index in [1.165, 1.54) is 36.8 Å². The van der Waals surface area contributed by atoms with Gasteiger partial charge in [-0.15, -0.1) is 10.2 Å². The number of carbonyl (C=O) groups excluding carboxylic acids is 1. The summed E-state index contributed by atoms with van der Waals surface area (Å²) in [4.78, 5) is 12.3. The lowest BCUT2D eigenvalue weighted by Crippen LogP contribution is -2.29. The highest BCUT2D eigenvalue weighted by atomic mass is 32.2. The van der Waals surface area contributed by atoms with Gasteiger partial charge in [0.25, 0.3) is 0 Å². The molecule has 5 nitrogen and oxygen atoms in total. The van der Waals surface area contributed by atoms with Gasteiger partial charge in [-0.05, 0) is 43.7 Å². The predicted octanol–water partition coefficient (Wildman–Crippen LogP) is 4.17. The van der Waals surface area contributed by atoms with Gasteiger partial charge in [-0.3, -0.25) is 4.79 Å². The number of nitrogens with zero attached hydrogens (tertiary/aromatic N) is 3. The minimum atomic E-state index is -0.130. The molecule has 0 bridgehead atoms.